The molecule has 1 atom stereocenters. The number of nitrogens with one attached hydrogen (secondary N) is 1. The first kappa shape index (κ1) is 23.2. The molecule has 0 saturated carbocycles. The van der Waals surface area contributed by atoms with Crippen LogP contribution < -0.4 is 15.0 Å². The Bertz CT molecular complexity index is 1170. The molecule has 8 nitrogen and oxygen atoms in total. The molecule has 11 heteroatoms. The molecule has 1 aliphatic rings. The number of ether oxygens (including phenoxy) is 1. The first-order chi connectivity index (χ1) is 15.9. The molecule has 1 saturated heterocycles. The number of rotatable bonds is 8. The molecule has 0 aliphatic carbocycles. The molecule has 1 fully saturated rings. The van der Waals surface area contributed by atoms with E-state index in [1.54, 1.807) is 60.5 Å². The first-order valence-corrected chi connectivity index (χ1v) is 12.1. The van der Waals surface area contributed by atoms with E-state index >= 15 is 0 Å². The number of anilines is 2. The monoisotopic (exact) mass is 502 g/mol. The van der Waals surface area contributed by atoms with Crippen molar-refractivity contribution in [2.75, 3.05) is 29.6 Å². The van der Waals surface area contributed by atoms with Crippen LogP contribution in [0.15, 0.2) is 52.9 Å². The van der Waals surface area contributed by atoms with Crippen LogP contribution in [0.4, 0.5) is 10.8 Å². The topological polar surface area (TPSA) is 101 Å². The molecular formula is C22H19ClN4O4S2. The van der Waals surface area contributed by atoms with Crippen LogP contribution in [0, 0.1) is 5.92 Å². The summed E-state index contributed by atoms with van der Waals surface area (Å²) in [5, 5.41) is 11.6. The Morgan fingerprint density at radius 2 is 1.91 bits per heavy atom. The fourth-order valence-corrected chi connectivity index (χ4v) is 5.04. The zero-order valence-corrected chi connectivity index (χ0v) is 19.9. The lowest BCUT2D eigenvalue weighted by Crippen LogP contribution is -2.28. The number of amides is 2. The van der Waals surface area contributed by atoms with Gasteiger partial charge in [0.05, 0.1) is 18.8 Å². The molecule has 2 amide bonds. The summed E-state index contributed by atoms with van der Waals surface area (Å²) in [5.41, 5.74) is 1.29. The van der Waals surface area contributed by atoms with Gasteiger partial charge in [-0.15, -0.1) is 10.2 Å². The van der Waals surface area contributed by atoms with E-state index in [4.69, 9.17) is 16.3 Å². The second-order valence-electron chi connectivity index (χ2n) is 7.18. The molecule has 33 heavy (non-hydrogen) atoms. The van der Waals surface area contributed by atoms with Gasteiger partial charge in [-0.05, 0) is 48.5 Å². The zero-order chi connectivity index (χ0) is 23.4. The lowest BCUT2D eigenvalue weighted by atomic mass is 10.1. The van der Waals surface area contributed by atoms with Gasteiger partial charge in [0.1, 0.15) is 5.75 Å². The van der Waals surface area contributed by atoms with Crippen molar-refractivity contribution in [1.29, 1.82) is 0 Å². The first-order valence-electron chi connectivity index (χ1n) is 9.93. The molecule has 1 aromatic heterocycles. The number of carbonyl (C=O) groups is 3. The van der Waals surface area contributed by atoms with Crippen molar-refractivity contribution in [3.63, 3.8) is 0 Å². The minimum atomic E-state index is -0.494. The lowest BCUT2D eigenvalue weighted by molar-refractivity contribution is -0.122. The number of ketones is 1. The molecule has 1 unspecified atom stereocenters. The summed E-state index contributed by atoms with van der Waals surface area (Å²) in [6, 6.07) is 13.8. The number of thioether (sulfide) groups is 1. The molecule has 2 heterocycles. The Labute approximate surface area is 203 Å². The Kier molecular flexibility index (Phi) is 7.26. The van der Waals surface area contributed by atoms with E-state index in [9.17, 15) is 14.4 Å². The van der Waals surface area contributed by atoms with E-state index in [1.807, 2.05) is 0 Å². The summed E-state index contributed by atoms with van der Waals surface area (Å²) in [7, 11) is 1.57. The van der Waals surface area contributed by atoms with Gasteiger partial charge in [0.15, 0.2) is 10.1 Å². The van der Waals surface area contributed by atoms with Crippen molar-refractivity contribution in [3.8, 4) is 5.75 Å². The van der Waals surface area contributed by atoms with Gasteiger partial charge >= 0.3 is 0 Å². The molecule has 3 aromatic rings. The van der Waals surface area contributed by atoms with E-state index in [1.165, 1.54) is 23.1 Å². The van der Waals surface area contributed by atoms with E-state index in [-0.39, 0.29) is 36.3 Å². The minimum absolute atomic E-state index is 0.0551. The molecule has 2 aromatic carbocycles. The van der Waals surface area contributed by atoms with Crippen LogP contribution in [0.25, 0.3) is 0 Å². The van der Waals surface area contributed by atoms with Crippen molar-refractivity contribution in [2.24, 2.45) is 5.92 Å². The number of methoxy groups -OCH3 is 1. The van der Waals surface area contributed by atoms with Crippen molar-refractivity contribution in [2.45, 2.75) is 10.8 Å². The fourth-order valence-electron chi connectivity index (χ4n) is 3.27. The highest BCUT2D eigenvalue weighted by Crippen LogP contribution is 2.30. The summed E-state index contributed by atoms with van der Waals surface area (Å²) < 4.78 is 5.70. The predicted octanol–water partition coefficient (Wildman–Crippen LogP) is 4.17. The molecule has 0 radical (unpaired) electrons. The number of nitrogens with zero attached hydrogens (tertiary/aromatic N) is 3. The maximum absolute atomic E-state index is 12.7. The SMILES string of the molecule is COc1ccc(N2CC(C(=O)Nc3nnc(SCC(=O)c4ccc(Cl)cc4)s3)CC2=O)cc1. The third kappa shape index (κ3) is 5.70. The summed E-state index contributed by atoms with van der Waals surface area (Å²) in [6.07, 6.45) is 0.119. The van der Waals surface area contributed by atoms with E-state index < -0.39 is 5.92 Å². The van der Waals surface area contributed by atoms with Gasteiger partial charge in [0, 0.05) is 29.2 Å². The maximum Gasteiger partial charge on any atom is 0.231 e. The van der Waals surface area contributed by atoms with Gasteiger partial charge in [-0.2, -0.15) is 0 Å². The van der Waals surface area contributed by atoms with Gasteiger partial charge in [-0.3, -0.25) is 14.4 Å². The second kappa shape index (κ2) is 10.3. The summed E-state index contributed by atoms with van der Waals surface area (Å²) in [4.78, 5) is 39.0. The van der Waals surface area contributed by atoms with Gasteiger partial charge in [-0.25, -0.2) is 0 Å². The number of Topliss-reactive ketones (excluding diaryl/α,β-unsaturated/α-hetero) is 1. The van der Waals surface area contributed by atoms with Gasteiger partial charge in [-0.1, -0.05) is 34.7 Å². The minimum Gasteiger partial charge on any atom is -0.497 e. The Balaban J connectivity index is 1.30. The number of hydrogen-bond donors (Lipinski definition) is 1. The number of aromatic nitrogens is 2. The fraction of sp³-hybridized carbons (Fsp3) is 0.227. The van der Waals surface area contributed by atoms with E-state index in [2.05, 4.69) is 15.5 Å². The average Bonchev–Trinajstić information content (AvgIpc) is 3.44. The molecule has 0 bridgehead atoms. The number of carbonyl (C=O) groups excluding carboxylic acids is 3. The highest BCUT2D eigenvalue weighted by atomic mass is 35.5. The van der Waals surface area contributed by atoms with Crippen molar-refractivity contribution >= 4 is 63.1 Å². The number of benzene rings is 2. The highest BCUT2D eigenvalue weighted by Gasteiger charge is 2.35. The summed E-state index contributed by atoms with van der Waals surface area (Å²) in [5.74, 6) is -0.0667. The second-order valence-corrected chi connectivity index (χ2v) is 9.82. The number of hydrogen-bond acceptors (Lipinski definition) is 8. The summed E-state index contributed by atoms with van der Waals surface area (Å²) >= 11 is 8.28. The quantitative estimate of drug-likeness (QED) is 0.280. The maximum atomic E-state index is 12.7. The number of halogens is 1. The van der Waals surface area contributed by atoms with E-state index in [0.29, 0.717) is 25.8 Å². The molecule has 170 valence electrons. The largest absolute Gasteiger partial charge is 0.497 e. The van der Waals surface area contributed by atoms with Crippen LogP contribution in [0.5, 0.6) is 5.75 Å². The van der Waals surface area contributed by atoms with Crippen LogP contribution in [-0.4, -0.2) is 47.2 Å². The zero-order valence-electron chi connectivity index (χ0n) is 17.5. The van der Waals surface area contributed by atoms with Crippen LogP contribution in [0.3, 0.4) is 0 Å². The molecule has 1 aliphatic heterocycles. The van der Waals surface area contributed by atoms with Crippen LogP contribution in [-0.2, 0) is 9.59 Å². The Morgan fingerprint density at radius 1 is 1.18 bits per heavy atom. The normalized spacial score (nSPS) is 15.5. The Morgan fingerprint density at radius 3 is 2.61 bits per heavy atom. The van der Waals surface area contributed by atoms with Crippen LogP contribution in [0.1, 0.15) is 16.8 Å². The standard InChI is InChI=1S/C22H19ClN4O4S2/c1-31-17-8-6-16(7-9-17)27-11-14(10-19(27)29)20(30)24-21-25-26-22(33-21)32-12-18(28)13-2-4-15(23)5-3-13/h2-9,14H,10-12H2,1H3,(H,24,25,30). The third-order valence-corrected chi connectivity index (χ3v) is 7.23. The average molecular weight is 503 g/mol. The highest BCUT2D eigenvalue weighted by molar-refractivity contribution is 8.01. The lowest BCUT2D eigenvalue weighted by Gasteiger charge is -2.16. The van der Waals surface area contributed by atoms with Crippen molar-refractivity contribution < 1.29 is 19.1 Å². The van der Waals surface area contributed by atoms with Gasteiger partial charge < -0.3 is 15.0 Å². The van der Waals surface area contributed by atoms with Gasteiger partial charge in [0.2, 0.25) is 16.9 Å². The molecular weight excluding hydrogens is 484 g/mol. The molecule has 1 N–H and O–H groups in total. The third-order valence-electron chi connectivity index (χ3n) is 5.01. The predicted molar refractivity (Wildman–Crippen MR) is 128 cm³/mol. The Hall–Kier alpha value is -2.95. The van der Waals surface area contributed by atoms with Crippen LogP contribution >= 0.6 is 34.7 Å². The van der Waals surface area contributed by atoms with Crippen molar-refractivity contribution in [1.82, 2.24) is 10.2 Å². The van der Waals surface area contributed by atoms with Crippen LogP contribution in [0.2, 0.25) is 5.02 Å². The molecule has 4 rings (SSSR count). The smallest absolute Gasteiger partial charge is 0.231 e. The summed E-state index contributed by atoms with van der Waals surface area (Å²) in [6.45, 7) is 0.285. The molecule has 0 spiro atoms. The van der Waals surface area contributed by atoms with Crippen molar-refractivity contribution in [3.05, 3.63) is 59.1 Å². The van der Waals surface area contributed by atoms with Gasteiger partial charge in [0.25, 0.3) is 0 Å². The van der Waals surface area contributed by atoms with E-state index in [0.717, 1.165) is 5.69 Å².